The molecular weight excluding hydrogens is 479 g/mol. The maximum absolute atomic E-state index is 13.5. The summed E-state index contributed by atoms with van der Waals surface area (Å²) >= 11 is 0.835. The van der Waals surface area contributed by atoms with Gasteiger partial charge in [0.1, 0.15) is 11.0 Å². The maximum Gasteiger partial charge on any atom is 0.196 e. The number of Topliss-reactive ketones (excluding diaryl/α,β-unsaturated/α-hetero) is 1. The number of benzene rings is 1. The highest BCUT2D eigenvalue weighted by Crippen LogP contribution is 2.39. The molecule has 5 rings (SSSR count). The quantitative estimate of drug-likeness (QED) is 0.427. The van der Waals surface area contributed by atoms with Crippen LogP contribution in [0, 0.1) is 17.6 Å². The number of thiazole rings is 1. The molecule has 0 radical (unpaired) electrons. The van der Waals surface area contributed by atoms with Gasteiger partial charge in [-0.05, 0) is 50.2 Å². The van der Waals surface area contributed by atoms with Gasteiger partial charge in [-0.15, -0.1) is 0 Å². The molecule has 0 unspecified atom stereocenters. The molecule has 8 nitrogen and oxygen atoms in total. The number of carbonyl (C=O) groups excluding carboxylic acids is 1. The van der Waals surface area contributed by atoms with E-state index in [1.807, 2.05) is 0 Å². The first-order chi connectivity index (χ1) is 16.4. The van der Waals surface area contributed by atoms with Crippen molar-refractivity contribution in [2.24, 2.45) is 5.92 Å². The van der Waals surface area contributed by atoms with Gasteiger partial charge in [0.05, 0.1) is 41.0 Å². The number of aromatic nitrogens is 3. The molecule has 0 spiro atoms. The molecule has 1 aromatic carbocycles. The summed E-state index contributed by atoms with van der Waals surface area (Å²) in [7, 11) is -3.58. The average molecular weight is 503 g/mol. The third-order valence-corrected chi connectivity index (χ3v) is 9.56. The van der Waals surface area contributed by atoms with E-state index in [1.165, 1.54) is 12.3 Å². The van der Waals surface area contributed by atoms with Crippen molar-refractivity contribution in [2.75, 3.05) is 13.2 Å². The summed E-state index contributed by atoms with van der Waals surface area (Å²) < 4.78 is 46.7. The third kappa shape index (κ3) is 4.50. The molecule has 2 fully saturated rings. The number of rotatable bonds is 8. The van der Waals surface area contributed by atoms with Gasteiger partial charge >= 0.3 is 0 Å². The summed E-state index contributed by atoms with van der Waals surface area (Å²) in [4.78, 5) is 21.0. The van der Waals surface area contributed by atoms with Crippen molar-refractivity contribution >= 4 is 43.5 Å². The Hall–Kier alpha value is -2.68. The molecule has 1 aliphatic heterocycles. The van der Waals surface area contributed by atoms with Crippen LogP contribution in [0.25, 0.3) is 15.7 Å². The first-order valence-corrected chi connectivity index (χ1v) is 13.6. The van der Waals surface area contributed by atoms with Crippen LogP contribution in [-0.2, 0) is 25.8 Å². The lowest BCUT2D eigenvalue weighted by atomic mass is 9.90. The van der Waals surface area contributed by atoms with E-state index >= 15 is 0 Å². The predicted octanol–water partition coefficient (Wildman–Crippen LogP) is 4.29. The topological polar surface area (TPSA) is 95.5 Å². The predicted molar refractivity (Wildman–Crippen MR) is 124 cm³/mol. The lowest BCUT2D eigenvalue weighted by Gasteiger charge is -2.26. The van der Waals surface area contributed by atoms with Gasteiger partial charge in [0.25, 0.3) is 0 Å². The molecule has 1 aliphatic carbocycles. The number of ketones is 1. The number of hydrogen-bond acceptors (Lipinski definition) is 7. The van der Waals surface area contributed by atoms with Gasteiger partial charge in [-0.1, -0.05) is 11.3 Å². The van der Waals surface area contributed by atoms with E-state index in [-0.39, 0.29) is 28.7 Å². The standard InChI is InChI=1S/C23H23FN4O4S2/c1-25-15-9-18-17(21(10-15)34(30,31)16-2-3-16)12-27-28(18)19(8-14-4-6-32-7-5-14)20(29)11-23-26-13-22(24)33-23/h9-10,12-14,16,19H,2-8,11H2/t19-/m1/s1. The highest BCUT2D eigenvalue weighted by molar-refractivity contribution is 7.92. The normalized spacial score (nSPS) is 18.1. The minimum atomic E-state index is -3.58. The number of fused-ring (bicyclic) bond motifs is 1. The van der Waals surface area contributed by atoms with Crippen LogP contribution in [0.4, 0.5) is 10.1 Å². The van der Waals surface area contributed by atoms with Crippen molar-refractivity contribution in [1.82, 2.24) is 14.8 Å². The molecule has 0 amide bonds. The Kier molecular flexibility index (Phi) is 6.22. The molecule has 0 N–H and O–H groups in total. The Labute approximate surface area is 200 Å². The lowest BCUT2D eigenvalue weighted by Crippen LogP contribution is -2.27. The van der Waals surface area contributed by atoms with E-state index in [9.17, 15) is 17.6 Å². The van der Waals surface area contributed by atoms with Crippen LogP contribution in [0.3, 0.4) is 0 Å². The fourth-order valence-corrected chi connectivity index (χ4v) is 7.02. The molecule has 1 saturated carbocycles. The summed E-state index contributed by atoms with van der Waals surface area (Å²) in [6.07, 6.45) is 5.87. The minimum absolute atomic E-state index is 0.0421. The van der Waals surface area contributed by atoms with Crippen molar-refractivity contribution in [3.05, 3.63) is 46.1 Å². The zero-order chi connectivity index (χ0) is 23.9. The molecule has 178 valence electrons. The summed E-state index contributed by atoms with van der Waals surface area (Å²) in [6, 6.07) is 2.31. The van der Waals surface area contributed by atoms with Gasteiger partial charge in [0, 0.05) is 18.6 Å². The van der Waals surface area contributed by atoms with Gasteiger partial charge in [-0.25, -0.2) is 18.2 Å². The Bertz CT molecular complexity index is 1380. The van der Waals surface area contributed by atoms with Gasteiger partial charge < -0.3 is 4.74 Å². The Morgan fingerprint density at radius 2 is 2.03 bits per heavy atom. The lowest BCUT2D eigenvalue weighted by molar-refractivity contribution is -0.122. The van der Waals surface area contributed by atoms with E-state index in [0.717, 1.165) is 30.4 Å². The second-order valence-electron chi connectivity index (χ2n) is 8.83. The summed E-state index contributed by atoms with van der Waals surface area (Å²) in [5, 5.41) is 4.38. The third-order valence-electron chi connectivity index (χ3n) is 6.48. The second-order valence-corrected chi connectivity index (χ2v) is 12.1. The van der Waals surface area contributed by atoms with Crippen molar-refractivity contribution < 1.29 is 22.3 Å². The maximum atomic E-state index is 13.5. The van der Waals surface area contributed by atoms with Gasteiger partial charge in [-0.3, -0.25) is 9.48 Å². The van der Waals surface area contributed by atoms with Crippen LogP contribution in [-0.4, -0.2) is 47.4 Å². The first-order valence-electron chi connectivity index (χ1n) is 11.2. The van der Waals surface area contributed by atoms with Crippen LogP contribution in [0.1, 0.15) is 43.2 Å². The van der Waals surface area contributed by atoms with E-state index in [2.05, 4.69) is 14.9 Å². The molecule has 34 heavy (non-hydrogen) atoms. The van der Waals surface area contributed by atoms with E-state index in [1.54, 1.807) is 10.7 Å². The van der Waals surface area contributed by atoms with Crippen LogP contribution >= 0.6 is 11.3 Å². The monoisotopic (exact) mass is 502 g/mol. The molecular formula is C23H23FN4O4S2. The molecule has 1 saturated heterocycles. The number of ether oxygens (including phenoxy) is 1. The molecule has 2 aliphatic rings. The molecule has 0 bridgehead atoms. The van der Waals surface area contributed by atoms with Gasteiger partial charge in [0.15, 0.2) is 26.4 Å². The largest absolute Gasteiger partial charge is 0.381 e. The zero-order valence-corrected chi connectivity index (χ0v) is 19.9. The van der Waals surface area contributed by atoms with E-state index in [4.69, 9.17) is 11.3 Å². The first kappa shape index (κ1) is 23.1. The Morgan fingerprint density at radius 1 is 1.26 bits per heavy atom. The van der Waals surface area contributed by atoms with Crippen LogP contribution in [0.2, 0.25) is 0 Å². The van der Waals surface area contributed by atoms with Gasteiger partial charge in [0.2, 0.25) is 0 Å². The molecule has 3 aromatic rings. The highest BCUT2D eigenvalue weighted by Gasteiger charge is 2.39. The van der Waals surface area contributed by atoms with Gasteiger partial charge in [-0.2, -0.15) is 9.49 Å². The Balaban J connectivity index is 1.58. The number of sulfone groups is 1. The average Bonchev–Trinajstić information content (AvgIpc) is 3.51. The summed E-state index contributed by atoms with van der Waals surface area (Å²) in [6.45, 7) is 8.73. The summed E-state index contributed by atoms with van der Waals surface area (Å²) in [5.74, 6) is 0.0550. The molecule has 3 heterocycles. The van der Waals surface area contributed by atoms with Crippen LogP contribution < -0.4 is 0 Å². The molecule has 11 heteroatoms. The van der Waals surface area contributed by atoms with E-state index in [0.29, 0.717) is 48.4 Å². The Morgan fingerprint density at radius 3 is 2.68 bits per heavy atom. The van der Waals surface area contributed by atoms with Crippen LogP contribution in [0.5, 0.6) is 0 Å². The number of carbonyl (C=O) groups is 1. The number of nitrogens with zero attached hydrogens (tertiary/aromatic N) is 4. The van der Waals surface area contributed by atoms with Crippen molar-refractivity contribution in [3.63, 3.8) is 0 Å². The fourth-order valence-electron chi connectivity index (χ4n) is 4.51. The van der Waals surface area contributed by atoms with Crippen molar-refractivity contribution in [3.8, 4) is 0 Å². The number of hydrogen-bond donors (Lipinski definition) is 0. The minimum Gasteiger partial charge on any atom is -0.381 e. The zero-order valence-electron chi connectivity index (χ0n) is 18.3. The highest BCUT2D eigenvalue weighted by atomic mass is 32.2. The van der Waals surface area contributed by atoms with E-state index < -0.39 is 26.3 Å². The fraction of sp³-hybridized carbons (Fsp3) is 0.478. The SMILES string of the molecule is [C-]#[N+]c1cc(S(=O)(=O)C2CC2)c2cnn([C@H](CC3CCOCC3)C(=O)Cc3ncc(F)s3)c2c1. The molecule has 1 atom stereocenters. The van der Waals surface area contributed by atoms with Crippen LogP contribution in [0.15, 0.2) is 29.4 Å². The van der Waals surface area contributed by atoms with Crippen molar-refractivity contribution in [1.29, 1.82) is 0 Å². The smallest absolute Gasteiger partial charge is 0.196 e. The van der Waals surface area contributed by atoms with Crippen molar-refractivity contribution in [2.45, 2.75) is 54.7 Å². The summed E-state index contributed by atoms with van der Waals surface area (Å²) in [5.41, 5.74) is 0.635. The number of halogens is 1. The second kappa shape index (κ2) is 9.17. The molecule has 2 aromatic heterocycles.